The maximum atomic E-state index is 13.3. The van der Waals surface area contributed by atoms with E-state index >= 15 is 0 Å². The third-order valence-electron chi connectivity index (χ3n) is 1.86. The SMILES string of the molecule is NC(=O)c1[c]cn(-c2ccccc2F)n1. The summed E-state index contributed by atoms with van der Waals surface area (Å²) in [6.07, 6.45) is 1.36. The molecule has 1 aromatic carbocycles. The van der Waals surface area contributed by atoms with Crippen molar-refractivity contribution in [3.8, 4) is 5.69 Å². The Hall–Kier alpha value is -2.17. The van der Waals surface area contributed by atoms with E-state index in [0.29, 0.717) is 0 Å². The van der Waals surface area contributed by atoms with Gasteiger partial charge in [0.1, 0.15) is 11.5 Å². The Balaban J connectivity index is 2.46. The zero-order chi connectivity index (χ0) is 10.8. The van der Waals surface area contributed by atoms with Crippen LogP contribution in [-0.4, -0.2) is 15.7 Å². The largest absolute Gasteiger partial charge is 0.364 e. The molecule has 0 aliphatic heterocycles. The van der Waals surface area contributed by atoms with Crippen LogP contribution in [0.25, 0.3) is 5.69 Å². The molecule has 0 saturated heterocycles. The second kappa shape index (κ2) is 3.53. The van der Waals surface area contributed by atoms with Gasteiger partial charge in [-0.3, -0.25) is 4.79 Å². The van der Waals surface area contributed by atoms with E-state index < -0.39 is 11.7 Å². The van der Waals surface area contributed by atoms with Gasteiger partial charge in [-0.1, -0.05) is 12.1 Å². The summed E-state index contributed by atoms with van der Waals surface area (Å²) < 4.78 is 14.5. The van der Waals surface area contributed by atoms with Gasteiger partial charge in [-0.25, -0.2) is 9.07 Å². The van der Waals surface area contributed by atoms with E-state index in [-0.39, 0.29) is 11.4 Å². The van der Waals surface area contributed by atoms with Crippen molar-refractivity contribution >= 4 is 5.91 Å². The third kappa shape index (κ3) is 1.71. The van der Waals surface area contributed by atoms with Gasteiger partial charge in [-0.2, -0.15) is 5.10 Å². The van der Waals surface area contributed by atoms with Crippen molar-refractivity contribution in [3.05, 3.63) is 48.0 Å². The first-order valence-corrected chi connectivity index (χ1v) is 4.20. The standard InChI is InChI=1S/C10H7FN3O/c11-7-3-1-2-4-9(7)14-6-5-8(13-14)10(12)15/h1-4,6H,(H2,12,15). The fourth-order valence-electron chi connectivity index (χ4n) is 1.17. The van der Waals surface area contributed by atoms with Crippen molar-refractivity contribution in [3.63, 3.8) is 0 Å². The van der Waals surface area contributed by atoms with Crippen LogP contribution in [0.1, 0.15) is 10.5 Å². The van der Waals surface area contributed by atoms with Crippen LogP contribution in [0, 0.1) is 11.9 Å². The Bertz CT molecular complexity index is 507. The molecule has 1 amide bonds. The van der Waals surface area contributed by atoms with Gasteiger partial charge < -0.3 is 5.73 Å². The molecular weight excluding hydrogens is 197 g/mol. The molecule has 2 N–H and O–H groups in total. The van der Waals surface area contributed by atoms with E-state index in [1.807, 2.05) is 0 Å². The van der Waals surface area contributed by atoms with E-state index in [1.54, 1.807) is 18.2 Å². The van der Waals surface area contributed by atoms with Crippen molar-refractivity contribution in [2.45, 2.75) is 0 Å². The molecular formula is C10H7FN3O. The van der Waals surface area contributed by atoms with Gasteiger partial charge in [0.2, 0.25) is 0 Å². The fourth-order valence-corrected chi connectivity index (χ4v) is 1.17. The van der Waals surface area contributed by atoms with Crippen molar-refractivity contribution in [2.75, 3.05) is 0 Å². The van der Waals surface area contributed by atoms with Gasteiger partial charge in [0.25, 0.3) is 5.91 Å². The summed E-state index contributed by atoms with van der Waals surface area (Å²) in [6, 6.07) is 8.63. The minimum absolute atomic E-state index is 0.0155. The number of hydrogen-bond acceptors (Lipinski definition) is 2. The molecule has 0 aliphatic carbocycles. The quantitative estimate of drug-likeness (QED) is 0.790. The van der Waals surface area contributed by atoms with Gasteiger partial charge in [-0.15, -0.1) is 0 Å². The fraction of sp³-hybridized carbons (Fsp3) is 0. The first-order chi connectivity index (χ1) is 7.18. The molecule has 1 radical (unpaired) electrons. The maximum Gasteiger partial charge on any atom is 0.269 e. The van der Waals surface area contributed by atoms with E-state index in [2.05, 4.69) is 11.2 Å². The summed E-state index contributed by atoms with van der Waals surface area (Å²) in [5, 5.41) is 3.79. The van der Waals surface area contributed by atoms with Crippen LogP contribution in [0.3, 0.4) is 0 Å². The molecule has 0 saturated carbocycles. The first kappa shape index (κ1) is 9.39. The highest BCUT2D eigenvalue weighted by atomic mass is 19.1. The van der Waals surface area contributed by atoms with Gasteiger partial charge in [0.15, 0.2) is 5.69 Å². The predicted octanol–water partition coefficient (Wildman–Crippen LogP) is 0.910. The summed E-state index contributed by atoms with van der Waals surface area (Å²) in [5.41, 5.74) is 5.24. The van der Waals surface area contributed by atoms with Crippen molar-refractivity contribution in [1.29, 1.82) is 0 Å². The number of nitrogens with two attached hydrogens (primary N) is 1. The average molecular weight is 204 g/mol. The normalized spacial score (nSPS) is 10.2. The zero-order valence-corrected chi connectivity index (χ0v) is 7.64. The smallest absolute Gasteiger partial charge is 0.269 e. The molecule has 0 spiro atoms. The summed E-state index contributed by atoms with van der Waals surface area (Å²) in [4.78, 5) is 10.8. The number of primary amides is 1. The molecule has 2 rings (SSSR count). The minimum Gasteiger partial charge on any atom is -0.364 e. The molecule has 5 heteroatoms. The Morgan fingerprint density at radius 1 is 1.47 bits per heavy atom. The highest BCUT2D eigenvalue weighted by Crippen LogP contribution is 2.11. The van der Waals surface area contributed by atoms with Crippen molar-refractivity contribution in [1.82, 2.24) is 9.78 Å². The minimum atomic E-state index is -0.690. The number of carbonyl (C=O) groups is 1. The zero-order valence-electron chi connectivity index (χ0n) is 7.64. The number of nitrogens with zero attached hydrogens (tertiary/aromatic N) is 2. The van der Waals surface area contributed by atoms with Gasteiger partial charge in [0.05, 0.1) is 0 Å². The number of amides is 1. The summed E-state index contributed by atoms with van der Waals surface area (Å²) in [6.45, 7) is 0. The van der Waals surface area contributed by atoms with Crippen molar-refractivity contribution in [2.24, 2.45) is 5.73 Å². The number of hydrogen-bond donors (Lipinski definition) is 1. The molecule has 4 nitrogen and oxygen atoms in total. The highest BCUT2D eigenvalue weighted by Gasteiger charge is 2.08. The second-order valence-electron chi connectivity index (χ2n) is 2.88. The molecule has 0 fully saturated rings. The van der Waals surface area contributed by atoms with E-state index in [9.17, 15) is 9.18 Å². The summed E-state index contributed by atoms with van der Waals surface area (Å²) in [7, 11) is 0. The summed E-state index contributed by atoms with van der Waals surface area (Å²) in [5.74, 6) is -1.12. The predicted molar refractivity (Wildman–Crippen MR) is 50.9 cm³/mol. The van der Waals surface area contributed by atoms with Gasteiger partial charge >= 0.3 is 0 Å². The van der Waals surface area contributed by atoms with Crippen LogP contribution in [0.15, 0.2) is 30.5 Å². The number of benzene rings is 1. The Morgan fingerprint density at radius 3 is 2.80 bits per heavy atom. The van der Waals surface area contributed by atoms with Crippen LogP contribution < -0.4 is 5.73 Å². The Morgan fingerprint density at radius 2 is 2.20 bits per heavy atom. The molecule has 1 aromatic heterocycles. The number of halogens is 1. The van der Waals surface area contributed by atoms with Crippen LogP contribution in [-0.2, 0) is 0 Å². The Kier molecular flexibility index (Phi) is 2.21. The second-order valence-corrected chi connectivity index (χ2v) is 2.88. The van der Waals surface area contributed by atoms with Gasteiger partial charge in [-0.05, 0) is 12.1 Å². The average Bonchev–Trinajstić information content (AvgIpc) is 2.67. The summed E-state index contributed by atoms with van der Waals surface area (Å²) >= 11 is 0. The van der Waals surface area contributed by atoms with Crippen LogP contribution in [0.4, 0.5) is 4.39 Å². The lowest BCUT2D eigenvalue weighted by Crippen LogP contribution is -2.12. The van der Waals surface area contributed by atoms with Crippen LogP contribution in [0.2, 0.25) is 0 Å². The third-order valence-corrected chi connectivity index (χ3v) is 1.86. The topological polar surface area (TPSA) is 60.9 Å². The van der Waals surface area contributed by atoms with E-state index in [1.165, 1.54) is 16.9 Å². The number of rotatable bonds is 2. The molecule has 15 heavy (non-hydrogen) atoms. The molecule has 0 bridgehead atoms. The lowest BCUT2D eigenvalue weighted by molar-refractivity contribution is 0.0995. The maximum absolute atomic E-state index is 13.3. The van der Waals surface area contributed by atoms with Gasteiger partial charge in [0, 0.05) is 12.3 Å². The van der Waals surface area contributed by atoms with Crippen LogP contribution in [0.5, 0.6) is 0 Å². The lowest BCUT2D eigenvalue weighted by atomic mass is 10.3. The monoisotopic (exact) mass is 204 g/mol. The molecule has 2 aromatic rings. The first-order valence-electron chi connectivity index (χ1n) is 4.20. The number of aromatic nitrogens is 2. The highest BCUT2D eigenvalue weighted by molar-refractivity contribution is 5.90. The van der Waals surface area contributed by atoms with Crippen molar-refractivity contribution < 1.29 is 9.18 Å². The molecule has 0 aliphatic rings. The van der Waals surface area contributed by atoms with E-state index in [4.69, 9.17) is 5.73 Å². The molecule has 0 unspecified atom stereocenters. The molecule has 75 valence electrons. The Labute approximate surface area is 85.1 Å². The number of carbonyl (C=O) groups excluding carboxylic acids is 1. The van der Waals surface area contributed by atoms with E-state index in [0.717, 1.165) is 0 Å². The lowest BCUT2D eigenvalue weighted by Gasteiger charge is -2.01. The molecule has 0 atom stereocenters. The number of para-hydroxylation sites is 1. The van der Waals surface area contributed by atoms with Crippen LogP contribution >= 0.6 is 0 Å². The molecule has 1 heterocycles.